The molecule has 0 aliphatic carbocycles. The fourth-order valence-corrected chi connectivity index (χ4v) is 2.44. The minimum absolute atomic E-state index is 0.366. The number of piperazine rings is 1. The number of rotatable bonds is 4. The van der Waals surface area contributed by atoms with Gasteiger partial charge in [0.1, 0.15) is 0 Å². The van der Waals surface area contributed by atoms with Crippen molar-refractivity contribution in [2.24, 2.45) is 5.73 Å². The van der Waals surface area contributed by atoms with Crippen LogP contribution in [0.2, 0.25) is 0 Å². The molecule has 0 spiro atoms. The number of nitrogens with zero attached hydrogens (tertiary/aromatic N) is 2. The molecule has 3 nitrogen and oxygen atoms in total. The van der Waals surface area contributed by atoms with Crippen molar-refractivity contribution in [3.05, 3.63) is 0 Å². The van der Waals surface area contributed by atoms with Crippen LogP contribution in [0, 0.1) is 0 Å². The average molecular weight is 261 g/mol. The molecule has 1 fully saturated rings. The van der Waals surface area contributed by atoms with Crippen LogP contribution in [0.4, 0.5) is 0 Å². The maximum absolute atomic E-state index is 5.95. The van der Waals surface area contributed by atoms with Crippen molar-refractivity contribution in [3.8, 4) is 0 Å². The van der Waals surface area contributed by atoms with Crippen molar-refractivity contribution in [3.63, 3.8) is 0 Å². The van der Waals surface area contributed by atoms with Gasteiger partial charge in [-0.2, -0.15) is 0 Å². The van der Waals surface area contributed by atoms with Gasteiger partial charge in [-0.1, -0.05) is 0 Å². The monoisotopic (exact) mass is 261 g/mol. The van der Waals surface area contributed by atoms with Crippen LogP contribution in [0.1, 0.15) is 20.3 Å². The van der Waals surface area contributed by atoms with Crippen LogP contribution in [0.3, 0.4) is 0 Å². The zero-order chi connectivity index (χ0) is 10.6. The molecule has 1 aliphatic heterocycles. The van der Waals surface area contributed by atoms with E-state index in [4.69, 9.17) is 5.73 Å². The second-order valence-corrected chi connectivity index (χ2v) is 6.27. The van der Waals surface area contributed by atoms with Crippen molar-refractivity contribution in [2.75, 3.05) is 32.7 Å². The summed E-state index contributed by atoms with van der Waals surface area (Å²) in [6, 6.07) is 0.366. The van der Waals surface area contributed by atoms with Gasteiger partial charge in [0.2, 0.25) is 0 Å². The zero-order valence-electron chi connectivity index (χ0n) is 9.45. The summed E-state index contributed by atoms with van der Waals surface area (Å²) in [4.78, 5) is 5.82. The third-order valence-electron chi connectivity index (χ3n) is 3.00. The third kappa shape index (κ3) is 3.90. The summed E-state index contributed by atoms with van der Waals surface area (Å²) in [7, 11) is 0. The van der Waals surface area contributed by atoms with Crippen LogP contribution in [-0.2, 0) is 0 Å². The van der Waals surface area contributed by atoms with E-state index in [1.165, 1.54) is 26.2 Å². The normalized spacial score (nSPS) is 24.9. The molecule has 3 atom stereocenters. The number of nitrogens with two attached hydrogens (primary N) is 1. The quantitative estimate of drug-likeness (QED) is 0.681. The van der Waals surface area contributed by atoms with Gasteiger partial charge < -0.3 is 0 Å². The Hall–Kier alpha value is 0.438. The molecule has 3 unspecified atom stereocenters. The number of hydrogen-bond donors (Lipinski definition) is 1. The molecule has 0 saturated carbocycles. The van der Waals surface area contributed by atoms with Crippen LogP contribution < -0.4 is 5.73 Å². The molecule has 0 amide bonds. The first-order valence-corrected chi connectivity index (χ1v) is 7.01. The average Bonchev–Trinajstić information content (AvgIpc) is 2.18. The molecule has 4 heteroatoms. The predicted octanol–water partition coefficient (Wildman–Crippen LogP) is -0.680. The molecule has 1 aliphatic rings. The van der Waals surface area contributed by atoms with Gasteiger partial charge in [0.15, 0.2) is 0 Å². The molecule has 84 valence electrons. The van der Waals surface area contributed by atoms with E-state index in [0.29, 0.717) is 6.04 Å². The summed E-state index contributed by atoms with van der Waals surface area (Å²) in [5, 5.41) is 0. The summed E-state index contributed by atoms with van der Waals surface area (Å²) in [5.41, 5.74) is 5.95. The van der Waals surface area contributed by atoms with E-state index in [2.05, 4.69) is 23.6 Å². The second kappa shape index (κ2) is 6.12. The van der Waals surface area contributed by atoms with Crippen LogP contribution >= 0.6 is 0 Å². The molecule has 0 aromatic rings. The fraction of sp³-hybridized carbons (Fsp3) is 1.00. The van der Waals surface area contributed by atoms with Crippen molar-refractivity contribution in [1.82, 2.24) is 9.80 Å². The Morgan fingerprint density at radius 1 is 1.29 bits per heavy atom. The van der Waals surface area contributed by atoms with Crippen LogP contribution in [0.15, 0.2) is 0 Å². The van der Waals surface area contributed by atoms with E-state index in [1.807, 2.05) is 16.9 Å². The van der Waals surface area contributed by atoms with Gasteiger partial charge in [-0.3, -0.25) is 0 Å². The third-order valence-corrected chi connectivity index (χ3v) is 3.88. The molecule has 2 N–H and O–H groups in total. The minimum atomic E-state index is 0.366. The zero-order valence-corrected chi connectivity index (χ0v) is 11.9. The first-order chi connectivity index (χ1) is 6.63. The van der Waals surface area contributed by atoms with Crippen LogP contribution in [0.5, 0.6) is 0 Å². The van der Waals surface area contributed by atoms with Crippen LogP contribution in [-0.4, -0.2) is 70.2 Å². The van der Waals surface area contributed by atoms with Gasteiger partial charge in [0.05, 0.1) is 0 Å². The molecule has 0 aromatic heterocycles. The molecule has 14 heavy (non-hydrogen) atoms. The molecular formula is C10H24AsN3. The van der Waals surface area contributed by atoms with Gasteiger partial charge in [-0.25, -0.2) is 0 Å². The molecule has 0 aromatic carbocycles. The molecule has 1 saturated heterocycles. The summed E-state index contributed by atoms with van der Waals surface area (Å²) < 4.78 is 0. The van der Waals surface area contributed by atoms with Crippen molar-refractivity contribution >= 4 is 16.9 Å². The van der Waals surface area contributed by atoms with Gasteiger partial charge in [-0.05, 0) is 0 Å². The Labute approximate surface area is 96.5 Å². The van der Waals surface area contributed by atoms with Gasteiger partial charge in [-0.15, -0.1) is 0 Å². The van der Waals surface area contributed by atoms with Gasteiger partial charge in [0.25, 0.3) is 0 Å². The van der Waals surface area contributed by atoms with Gasteiger partial charge in [0, 0.05) is 0 Å². The number of hydrogen-bond acceptors (Lipinski definition) is 3. The van der Waals surface area contributed by atoms with Crippen molar-refractivity contribution in [1.29, 1.82) is 0 Å². The summed E-state index contributed by atoms with van der Waals surface area (Å²) in [6.45, 7) is 10.4. The summed E-state index contributed by atoms with van der Waals surface area (Å²) >= 11 is 1.83. The van der Waals surface area contributed by atoms with E-state index in [0.717, 1.165) is 17.8 Å². The first kappa shape index (κ1) is 12.5. The Kier molecular flexibility index (Phi) is 5.46. The van der Waals surface area contributed by atoms with E-state index >= 15 is 0 Å². The van der Waals surface area contributed by atoms with Crippen LogP contribution in [0.25, 0.3) is 0 Å². The summed E-state index contributed by atoms with van der Waals surface area (Å²) in [6.07, 6.45) is 1.09. The first-order valence-electron chi connectivity index (χ1n) is 5.61. The maximum atomic E-state index is 5.95. The second-order valence-electron chi connectivity index (χ2n) is 4.25. The Bertz CT molecular complexity index is 155. The Morgan fingerprint density at radius 2 is 1.86 bits per heavy atom. The molecule has 0 bridgehead atoms. The van der Waals surface area contributed by atoms with Crippen molar-refractivity contribution < 1.29 is 0 Å². The molecule has 1 heterocycles. The standard InChI is InChI=1S/C10H24AsN3/c1-3-10(12)8-13-4-6-14(7-5-13)9(2)11/h9-10H,3-8,11-12H2,1-2H3. The Balaban J connectivity index is 2.22. The molecule has 0 radical (unpaired) electrons. The van der Waals surface area contributed by atoms with E-state index in [9.17, 15) is 0 Å². The van der Waals surface area contributed by atoms with E-state index in [1.54, 1.807) is 0 Å². The topological polar surface area (TPSA) is 32.5 Å². The van der Waals surface area contributed by atoms with Crippen molar-refractivity contribution in [2.45, 2.75) is 31.1 Å². The van der Waals surface area contributed by atoms with E-state index < -0.39 is 0 Å². The van der Waals surface area contributed by atoms with E-state index in [-0.39, 0.29) is 0 Å². The predicted molar refractivity (Wildman–Crippen MR) is 64.3 cm³/mol. The molecule has 1 rings (SSSR count). The molecular weight excluding hydrogens is 237 g/mol. The Morgan fingerprint density at radius 3 is 2.29 bits per heavy atom. The summed E-state index contributed by atoms with van der Waals surface area (Å²) in [5.74, 6) is 0. The fourth-order valence-electron chi connectivity index (χ4n) is 1.81. The van der Waals surface area contributed by atoms with Gasteiger partial charge >= 0.3 is 96.2 Å². The SMILES string of the molecule is CCC(N)CN1CCN(C(C)[AsH2])CC1.